The van der Waals surface area contributed by atoms with Crippen LogP contribution in [0.15, 0.2) is 24.0 Å². The predicted molar refractivity (Wildman–Crippen MR) is 46.0 cm³/mol. The minimum atomic E-state index is -0.449. The van der Waals surface area contributed by atoms with Crippen LogP contribution < -0.4 is 0 Å². The van der Waals surface area contributed by atoms with Crippen molar-refractivity contribution in [1.29, 1.82) is 0 Å². The summed E-state index contributed by atoms with van der Waals surface area (Å²) in [5.41, 5.74) is 0.557. The van der Waals surface area contributed by atoms with E-state index in [-0.39, 0.29) is 0 Å². The molecule has 0 aliphatic carbocycles. The average Bonchev–Trinajstić information content (AvgIpc) is 2.05. The first-order valence-electron chi connectivity index (χ1n) is 3.88. The van der Waals surface area contributed by atoms with E-state index in [1.807, 2.05) is 6.92 Å². The van der Waals surface area contributed by atoms with E-state index in [0.717, 1.165) is 6.42 Å². The number of hydrogen-bond acceptors (Lipinski definition) is 3. The maximum atomic E-state index is 11.0. The average molecular weight is 170 g/mol. The Morgan fingerprint density at radius 3 is 2.67 bits per heavy atom. The maximum absolute atomic E-state index is 11.0. The van der Waals surface area contributed by atoms with Crippen molar-refractivity contribution >= 4 is 5.97 Å². The van der Waals surface area contributed by atoms with Crippen LogP contribution in [-0.4, -0.2) is 5.97 Å². The van der Waals surface area contributed by atoms with Crippen LogP contribution in [0.25, 0.3) is 0 Å². The molecule has 0 aromatic carbocycles. The van der Waals surface area contributed by atoms with Gasteiger partial charge in [0.2, 0.25) is 0 Å². The fraction of sp³-hybridized carbons (Fsp3) is 0.444. The number of hydrogen-bond donors (Lipinski definition) is 0. The van der Waals surface area contributed by atoms with Crippen LogP contribution in [-0.2, 0) is 14.6 Å². The van der Waals surface area contributed by atoms with Gasteiger partial charge in [-0.15, -0.1) is 0 Å². The maximum Gasteiger partial charge on any atom is 0.381 e. The summed E-state index contributed by atoms with van der Waals surface area (Å²) in [6, 6.07) is 0. The summed E-state index contributed by atoms with van der Waals surface area (Å²) in [4.78, 5) is 19.8. The summed E-state index contributed by atoms with van der Waals surface area (Å²) >= 11 is 0. The molecule has 68 valence electrons. The van der Waals surface area contributed by atoms with Crippen molar-refractivity contribution in [3.8, 4) is 0 Å². The van der Waals surface area contributed by atoms with Gasteiger partial charge in [0.25, 0.3) is 0 Å². The molecule has 0 unspecified atom stereocenters. The first kappa shape index (κ1) is 10.8. The molecule has 0 heterocycles. The largest absolute Gasteiger partial charge is 0.381 e. The summed E-state index contributed by atoms with van der Waals surface area (Å²) in [7, 11) is 0. The fourth-order valence-electron chi connectivity index (χ4n) is 0.582. The van der Waals surface area contributed by atoms with Crippen LogP contribution in [0.3, 0.4) is 0 Å². The molecule has 0 aliphatic rings. The molecular weight excluding hydrogens is 156 g/mol. The Morgan fingerprint density at radius 1 is 1.50 bits per heavy atom. The molecule has 0 aromatic heterocycles. The van der Waals surface area contributed by atoms with Crippen LogP contribution in [0, 0.1) is 0 Å². The van der Waals surface area contributed by atoms with Gasteiger partial charge in [-0.1, -0.05) is 13.0 Å². The van der Waals surface area contributed by atoms with Crippen LogP contribution >= 0.6 is 0 Å². The van der Waals surface area contributed by atoms with E-state index in [2.05, 4.69) is 9.78 Å². The Morgan fingerprint density at radius 2 is 2.17 bits per heavy atom. The Labute approximate surface area is 72.6 Å². The van der Waals surface area contributed by atoms with E-state index in [1.54, 1.807) is 26.0 Å². The standard InChI is InChI=1S/C9H14O3/c1-4-6-8(3)9(10)12-11-7-5-2/h5-7H,4H2,1-3H3. The van der Waals surface area contributed by atoms with Gasteiger partial charge >= 0.3 is 5.97 Å². The molecule has 0 atom stereocenters. The van der Waals surface area contributed by atoms with Crippen LogP contribution in [0.5, 0.6) is 0 Å². The van der Waals surface area contributed by atoms with E-state index >= 15 is 0 Å². The molecule has 0 spiro atoms. The molecule has 3 heteroatoms. The monoisotopic (exact) mass is 170 g/mol. The van der Waals surface area contributed by atoms with Crippen molar-refractivity contribution < 1.29 is 14.6 Å². The molecule has 0 aromatic rings. The third-order valence-electron chi connectivity index (χ3n) is 1.15. The van der Waals surface area contributed by atoms with Crippen molar-refractivity contribution in [2.45, 2.75) is 27.2 Å². The third-order valence-corrected chi connectivity index (χ3v) is 1.15. The van der Waals surface area contributed by atoms with Gasteiger partial charge in [-0.05, 0) is 26.3 Å². The van der Waals surface area contributed by atoms with Gasteiger partial charge in [-0.3, -0.25) is 4.89 Å². The van der Waals surface area contributed by atoms with E-state index in [9.17, 15) is 4.79 Å². The zero-order valence-corrected chi connectivity index (χ0v) is 7.66. The SMILES string of the molecule is CC=COOC(=O)C(C)=CCC. The summed E-state index contributed by atoms with van der Waals surface area (Å²) < 4.78 is 0. The summed E-state index contributed by atoms with van der Waals surface area (Å²) in [5.74, 6) is -0.449. The lowest BCUT2D eigenvalue weighted by Gasteiger charge is -1.99. The van der Waals surface area contributed by atoms with Gasteiger partial charge in [-0.25, -0.2) is 9.68 Å². The predicted octanol–water partition coefficient (Wildman–Crippen LogP) is 2.35. The summed E-state index contributed by atoms with van der Waals surface area (Å²) in [5, 5.41) is 0. The van der Waals surface area contributed by atoms with Crippen molar-refractivity contribution in [2.24, 2.45) is 0 Å². The van der Waals surface area contributed by atoms with E-state index < -0.39 is 5.97 Å². The molecule has 0 amide bonds. The first-order chi connectivity index (χ1) is 5.72. The fourth-order valence-corrected chi connectivity index (χ4v) is 0.582. The van der Waals surface area contributed by atoms with E-state index in [0.29, 0.717) is 5.57 Å². The first-order valence-corrected chi connectivity index (χ1v) is 3.88. The molecular formula is C9H14O3. The topological polar surface area (TPSA) is 35.5 Å². The minimum absolute atomic E-state index is 0.449. The molecule has 3 nitrogen and oxygen atoms in total. The normalized spacial score (nSPS) is 11.8. The zero-order valence-electron chi connectivity index (χ0n) is 7.66. The van der Waals surface area contributed by atoms with E-state index in [1.165, 1.54) is 6.26 Å². The Balaban J connectivity index is 3.79. The van der Waals surface area contributed by atoms with E-state index in [4.69, 9.17) is 0 Å². The van der Waals surface area contributed by atoms with Crippen molar-refractivity contribution in [1.82, 2.24) is 0 Å². The number of carbonyl (C=O) groups excluding carboxylic acids is 1. The van der Waals surface area contributed by atoms with Crippen molar-refractivity contribution in [3.05, 3.63) is 24.0 Å². The number of carbonyl (C=O) groups is 1. The van der Waals surface area contributed by atoms with Crippen LogP contribution in [0.2, 0.25) is 0 Å². The highest BCUT2D eigenvalue weighted by atomic mass is 17.2. The molecule has 0 fully saturated rings. The quantitative estimate of drug-likeness (QED) is 0.281. The van der Waals surface area contributed by atoms with Gasteiger partial charge in [-0.2, -0.15) is 0 Å². The second-order valence-corrected chi connectivity index (χ2v) is 2.23. The molecule has 0 N–H and O–H groups in total. The second kappa shape index (κ2) is 6.46. The molecule has 0 bridgehead atoms. The lowest BCUT2D eigenvalue weighted by atomic mass is 10.2. The Bertz CT molecular complexity index is 192. The van der Waals surface area contributed by atoms with Crippen molar-refractivity contribution in [3.63, 3.8) is 0 Å². The third kappa shape index (κ3) is 4.55. The molecule has 0 rings (SSSR count). The molecule has 0 saturated carbocycles. The second-order valence-electron chi connectivity index (χ2n) is 2.23. The summed E-state index contributed by atoms with van der Waals surface area (Å²) in [6.45, 7) is 5.40. The van der Waals surface area contributed by atoms with Gasteiger partial charge in [0.15, 0.2) is 0 Å². The Hall–Kier alpha value is -1.25. The van der Waals surface area contributed by atoms with Gasteiger partial charge < -0.3 is 0 Å². The smallest absolute Gasteiger partial charge is 0.295 e. The lowest BCUT2D eigenvalue weighted by molar-refractivity contribution is -0.233. The number of rotatable bonds is 4. The highest BCUT2D eigenvalue weighted by Crippen LogP contribution is 1.98. The summed E-state index contributed by atoms with van der Waals surface area (Å²) in [6.07, 6.45) is 5.52. The van der Waals surface area contributed by atoms with Crippen LogP contribution in [0.1, 0.15) is 27.2 Å². The minimum Gasteiger partial charge on any atom is -0.295 e. The Kier molecular flexibility index (Phi) is 5.79. The lowest BCUT2D eigenvalue weighted by Crippen LogP contribution is -2.03. The number of allylic oxidation sites excluding steroid dienone is 2. The van der Waals surface area contributed by atoms with Crippen molar-refractivity contribution in [2.75, 3.05) is 0 Å². The molecule has 0 radical (unpaired) electrons. The molecule has 0 saturated heterocycles. The molecule has 0 aliphatic heterocycles. The van der Waals surface area contributed by atoms with Gasteiger partial charge in [0.1, 0.15) is 6.26 Å². The highest BCUT2D eigenvalue weighted by molar-refractivity contribution is 5.87. The highest BCUT2D eigenvalue weighted by Gasteiger charge is 2.04. The van der Waals surface area contributed by atoms with Gasteiger partial charge in [0.05, 0.1) is 0 Å². The molecule has 12 heavy (non-hydrogen) atoms. The van der Waals surface area contributed by atoms with Crippen LogP contribution in [0.4, 0.5) is 0 Å². The van der Waals surface area contributed by atoms with Gasteiger partial charge in [0, 0.05) is 5.57 Å². The zero-order chi connectivity index (χ0) is 9.40.